The molecule has 11 aromatic heterocycles. The predicted octanol–water partition coefficient (Wildman–Crippen LogP) is 30.6. The molecule has 0 radical (unpaired) electrons. The highest BCUT2D eigenvalue weighted by molar-refractivity contribution is 5.77. The van der Waals surface area contributed by atoms with E-state index < -0.39 is 0 Å². The zero-order valence-electron chi connectivity index (χ0n) is 75.6. The lowest BCUT2D eigenvalue weighted by Crippen LogP contribution is -1.89. The van der Waals surface area contributed by atoms with Crippen LogP contribution in [-0.2, 0) is 0 Å². The van der Waals surface area contributed by atoms with Gasteiger partial charge in [0.25, 0.3) is 0 Å². The van der Waals surface area contributed by atoms with E-state index in [1.165, 1.54) is 89.0 Å². The van der Waals surface area contributed by atoms with Gasteiger partial charge in [-0.2, -0.15) is 0 Å². The highest BCUT2D eigenvalue weighted by atomic mass is 14.8. The Kier molecular flexibility index (Phi) is 31.7. The number of hydrogen-bond acceptors (Lipinski definition) is 11. The minimum Gasteiger partial charge on any atom is -0.265 e. The smallest absolute Gasteiger partial charge is 0.0893 e. The summed E-state index contributed by atoms with van der Waals surface area (Å²) in [6.45, 7) is 14.7. The SMILES string of the molecule is Cc1ccc(-c2cc(-c3ccccn3)ccn2)cc1.Cc1ccc(-c2cccc(-c3ccccn3)c2)cc1.Cc1ccc(-c2cccc(-c3ccccn3)n2)cc1.Cc1ccc(-c2cccc(-c3cccnc3)c2)cc1.Cc1ccc(-c2cccc(-c3cccnc3)n2)cc1.Cc1ccc(-c2cccc(-c3ccncc3)c2)cc1.Cc1ccc(-c2cccc(-c3ccncc3)n2)cc1. The van der Waals surface area contributed by atoms with Crippen molar-refractivity contribution in [2.24, 2.45) is 0 Å². The first-order chi connectivity index (χ1) is 65.3. The molecule has 0 unspecified atom stereocenters. The first-order valence-electron chi connectivity index (χ1n) is 44.3. The lowest BCUT2D eigenvalue weighted by Gasteiger charge is -2.06. The van der Waals surface area contributed by atoms with Gasteiger partial charge in [-0.3, -0.25) is 39.9 Å². The van der Waals surface area contributed by atoms with Gasteiger partial charge in [-0.05, 0) is 244 Å². The van der Waals surface area contributed by atoms with Crippen molar-refractivity contribution >= 4 is 0 Å². The minimum absolute atomic E-state index is 0.900. The summed E-state index contributed by atoms with van der Waals surface area (Å²) in [4.78, 5) is 48.0. The molecule has 0 bridgehead atoms. The Hall–Kier alpha value is -17.2. The van der Waals surface area contributed by atoms with E-state index >= 15 is 0 Å². The third-order valence-corrected chi connectivity index (χ3v) is 21.9. The highest BCUT2D eigenvalue weighted by Crippen LogP contribution is 2.33. The topological polar surface area (TPSA) is 142 Å². The molecule has 0 N–H and O–H groups in total. The van der Waals surface area contributed by atoms with Crippen LogP contribution in [0.3, 0.4) is 0 Å². The van der Waals surface area contributed by atoms with Crippen molar-refractivity contribution in [1.29, 1.82) is 0 Å². The van der Waals surface area contributed by atoms with Gasteiger partial charge < -0.3 is 0 Å². The molecule has 0 amide bonds. The van der Waals surface area contributed by atoms with Crippen LogP contribution in [0, 0.1) is 48.5 Å². The maximum Gasteiger partial charge on any atom is 0.0893 e. The summed E-state index contributed by atoms with van der Waals surface area (Å²) in [5.41, 5.74) is 39.6. The molecule has 133 heavy (non-hydrogen) atoms. The Morgan fingerprint density at radius 2 is 0.361 bits per heavy atom. The van der Waals surface area contributed by atoms with E-state index in [4.69, 9.17) is 9.97 Å². The molecule has 21 rings (SSSR count). The quantitative estimate of drug-likeness (QED) is 0.103. The Morgan fingerprint density at radius 3 is 0.714 bits per heavy atom. The molecule has 0 saturated heterocycles. The highest BCUT2D eigenvalue weighted by Gasteiger charge is 2.11. The van der Waals surface area contributed by atoms with Crippen molar-refractivity contribution in [2.45, 2.75) is 48.5 Å². The van der Waals surface area contributed by atoms with Crippen LogP contribution < -0.4 is 0 Å². The first kappa shape index (κ1) is 90.6. The Balaban J connectivity index is 0.000000118. The fraction of sp³-hybridized carbons (Fsp3) is 0.0574. The average molecular weight is 1720 g/mol. The van der Waals surface area contributed by atoms with E-state index in [-0.39, 0.29) is 0 Å². The molecular weight excluding hydrogens is 1620 g/mol. The molecule has 11 heterocycles. The molecule has 0 atom stereocenters. The maximum atomic E-state index is 4.72. The number of aromatic nitrogens is 11. The normalized spacial score (nSPS) is 10.4. The molecule has 10 aromatic carbocycles. The number of pyridine rings is 11. The largest absolute Gasteiger partial charge is 0.265 e. The third-order valence-electron chi connectivity index (χ3n) is 21.9. The number of benzene rings is 10. The van der Waals surface area contributed by atoms with E-state index in [9.17, 15) is 0 Å². The van der Waals surface area contributed by atoms with Gasteiger partial charge >= 0.3 is 0 Å². The molecule has 0 fully saturated rings. The zero-order valence-corrected chi connectivity index (χ0v) is 75.6. The van der Waals surface area contributed by atoms with Crippen molar-refractivity contribution < 1.29 is 0 Å². The Bertz CT molecular complexity index is 5930. The summed E-state index contributed by atoms with van der Waals surface area (Å²) < 4.78 is 0. The van der Waals surface area contributed by atoms with Crippen LogP contribution in [0.4, 0.5) is 0 Å². The number of rotatable bonds is 14. The van der Waals surface area contributed by atoms with Crippen LogP contribution in [0.25, 0.3) is 157 Å². The summed E-state index contributed by atoms with van der Waals surface area (Å²) in [7, 11) is 0. The van der Waals surface area contributed by atoms with Crippen molar-refractivity contribution in [3.8, 4) is 157 Å². The second kappa shape index (κ2) is 46.5. The lowest BCUT2D eigenvalue weighted by atomic mass is 9.99. The van der Waals surface area contributed by atoms with Gasteiger partial charge in [-0.1, -0.05) is 306 Å². The van der Waals surface area contributed by atoms with Gasteiger partial charge in [0.1, 0.15) is 0 Å². The Labute approximate surface area is 781 Å². The molecule has 0 aliphatic heterocycles. The number of aryl methyl sites for hydroxylation is 7. The first-order valence-corrected chi connectivity index (χ1v) is 44.3. The standard InChI is InChI=1S/3C18H15N.4C17H14N2/c1-14-7-9-15(10-8-14)16-4-2-5-17(12-16)18-6-3-11-19-13-18;1-14-8-10-15(11-9-14)16-5-4-6-17(13-16)18-7-2-3-12-19-18;1-14-5-7-15(8-6-14)17-3-2-4-18(13-17)16-9-11-19-12-10-16;1-13-7-9-14(10-8-13)16-5-2-6-17(19-16)15-4-3-11-18-12-15;1-13-8-10-14(11-9-13)15-6-4-7-17(19-15)16-5-2-3-12-18-16;1-13-5-7-14(8-6-13)16-3-2-4-17(19-16)15-9-11-18-12-10-15;1-13-5-7-14(8-6-13)17-12-15(9-11-19-17)16-4-2-3-10-18-16/h3*2-13H,1H3;4*2-12H,1H3. The van der Waals surface area contributed by atoms with Crippen molar-refractivity contribution in [3.63, 3.8) is 0 Å². The summed E-state index contributed by atoms with van der Waals surface area (Å²) >= 11 is 0. The van der Waals surface area contributed by atoms with E-state index in [1.54, 1.807) is 37.2 Å². The Morgan fingerprint density at radius 1 is 0.120 bits per heavy atom. The minimum atomic E-state index is 0.900. The second-order valence-electron chi connectivity index (χ2n) is 32.1. The van der Waals surface area contributed by atoms with Crippen LogP contribution in [-0.4, -0.2) is 54.8 Å². The second-order valence-corrected chi connectivity index (χ2v) is 32.1. The summed E-state index contributed by atoms with van der Waals surface area (Å²) in [5, 5.41) is 0. The number of nitrogens with zero attached hydrogens (tertiary/aromatic N) is 11. The van der Waals surface area contributed by atoms with Gasteiger partial charge in [0.2, 0.25) is 0 Å². The molecule has 0 aliphatic carbocycles. The molecule has 11 nitrogen and oxygen atoms in total. The molecule has 0 saturated carbocycles. The van der Waals surface area contributed by atoms with Gasteiger partial charge in [0.15, 0.2) is 0 Å². The van der Waals surface area contributed by atoms with Gasteiger partial charge in [0, 0.05) is 124 Å². The van der Waals surface area contributed by atoms with E-state index in [0.29, 0.717) is 0 Å². The fourth-order valence-corrected chi connectivity index (χ4v) is 14.4. The number of hydrogen-bond donors (Lipinski definition) is 0. The van der Waals surface area contributed by atoms with Crippen LogP contribution in [0.2, 0.25) is 0 Å². The fourth-order valence-electron chi connectivity index (χ4n) is 14.4. The van der Waals surface area contributed by atoms with E-state index in [0.717, 1.165) is 107 Å². The van der Waals surface area contributed by atoms with Gasteiger partial charge in [0.05, 0.1) is 56.9 Å². The van der Waals surface area contributed by atoms with Gasteiger partial charge in [-0.25, -0.2) is 15.0 Å². The summed E-state index contributed by atoms with van der Waals surface area (Å²) in [5.74, 6) is 0. The molecule has 21 aromatic rings. The average Bonchev–Trinajstić information content (AvgIpc) is 0.861. The molecule has 11 heteroatoms. The van der Waals surface area contributed by atoms with Crippen LogP contribution in [0.15, 0.2) is 487 Å². The van der Waals surface area contributed by atoms with E-state index in [2.05, 4.69) is 348 Å². The van der Waals surface area contributed by atoms with Crippen molar-refractivity contribution in [1.82, 2.24) is 54.8 Å². The molecule has 0 aliphatic rings. The molecular formula is C122H101N11. The maximum absolute atomic E-state index is 4.72. The van der Waals surface area contributed by atoms with E-state index in [1.807, 2.05) is 195 Å². The monoisotopic (exact) mass is 1720 g/mol. The third kappa shape index (κ3) is 26.5. The van der Waals surface area contributed by atoms with Crippen LogP contribution in [0.5, 0.6) is 0 Å². The molecule has 0 spiro atoms. The van der Waals surface area contributed by atoms with Crippen LogP contribution >= 0.6 is 0 Å². The van der Waals surface area contributed by atoms with Gasteiger partial charge in [-0.15, -0.1) is 0 Å². The predicted molar refractivity (Wildman–Crippen MR) is 550 cm³/mol. The van der Waals surface area contributed by atoms with Crippen molar-refractivity contribution in [2.75, 3.05) is 0 Å². The zero-order chi connectivity index (χ0) is 91.6. The summed E-state index contributed by atoms with van der Waals surface area (Å²) in [6.07, 6.45) is 21.8. The van der Waals surface area contributed by atoms with Crippen LogP contribution in [0.1, 0.15) is 38.9 Å². The lowest BCUT2D eigenvalue weighted by molar-refractivity contribution is 1.25. The summed E-state index contributed by atoms with van der Waals surface area (Å²) in [6, 6.07) is 141. The molecule has 644 valence electrons. The van der Waals surface area contributed by atoms with Crippen molar-refractivity contribution in [3.05, 3.63) is 526 Å².